The van der Waals surface area contributed by atoms with E-state index < -0.39 is 71.6 Å². The van der Waals surface area contributed by atoms with E-state index in [1.807, 2.05) is 0 Å². The van der Waals surface area contributed by atoms with Gasteiger partial charge in [-0.05, 0) is 12.1 Å². The number of amides is 2. The quantitative estimate of drug-likeness (QED) is 0.193. The summed E-state index contributed by atoms with van der Waals surface area (Å²) in [6.45, 7) is -1.24. The molecule has 2 N–H and O–H groups in total. The molecule has 1 aliphatic heterocycles. The predicted molar refractivity (Wildman–Crippen MR) is 145 cm³/mol. The number of halogens is 5. The van der Waals surface area contributed by atoms with Crippen LogP contribution in [-0.4, -0.2) is 85.1 Å². The molecule has 2 amide bonds. The van der Waals surface area contributed by atoms with E-state index in [4.69, 9.17) is 26.0 Å². The Morgan fingerprint density at radius 1 is 1.16 bits per heavy atom. The first-order valence-corrected chi connectivity index (χ1v) is 13.2. The summed E-state index contributed by atoms with van der Waals surface area (Å²) in [5, 5.41) is 13.5. The van der Waals surface area contributed by atoms with E-state index in [1.165, 1.54) is 11.0 Å². The number of benzene rings is 2. The molecule has 0 radical (unpaired) electrons. The number of aldehydes is 1. The molecular weight excluding hydrogens is 618 g/mol. The van der Waals surface area contributed by atoms with Gasteiger partial charge < -0.3 is 34.1 Å². The van der Waals surface area contributed by atoms with Crippen molar-refractivity contribution >= 4 is 35.5 Å². The number of aliphatic hydroxyl groups excluding tert-OH is 1. The molecule has 4 rings (SSSR count). The first kappa shape index (κ1) is 34.2. The SMILES string of the molecule is CO.O=CCC(NC(=O)C1COCCN(C(=O)c2cc(-c3ccccc3Cl)on2)C1)C(=O)COc1c(F)c(F)cc(F)c1F. The third-order valence-electron chi connectivity index (χ3n) is 6.26. The van der Waals surface area contributed by atoms with Gasteiger partial charge in [-0.3, -0.25) is 14.4 Å². The van der Waals surface area contributed by atoms with Gasteiger partial charge in [0.1, 0.15) is 12.9 Å². The molecule has 16 heteroatoms. The van der Waals surface area contributed by atoms with Crippen molar-refractivity contribution in [3.05, 3.63) is 70.4 Å². The van der Waals surface area contributed by atoms with Gasteiger partial charge in [-0.15, -0.1) is 0 Å². The number of ketones is 1. The Morgan fingerprint density at radius 3 is 2.50 bits per heavy atom. The molecule has 0 spiro atoms. The molecule has 44 heavy (non-hydrogen) atoms. The Hall–Kier alpha value is -4.34. The van der Waals surface area contributed by atoms with Gasteiger partial charge in [-0.1, -0.05) is 28.9 Å². The van der Waals surface area contributed by atoms with Crippen molar-refractivity contribution in [3.63, 3.8) is 0 Å². The second-order valence-corrected chi connectivity index (χ2v) is 9.50. The highest BCUT2D eigenvalue weighted by Gasteiger charge is 2.32. The fourth-order valence-corrected chi connectivity index (χ4v) is 4.29. The molecule has 0 aliphatic carbocycles. The van der Waals surface area contributed by atoms with Crippen LogP contribution in [-0.2, 0) is 19.1 Å². The van der Waals surface area contributed by atoms with Crippen molar-refractivity contribution in [1.82, 2.24) is 15.4 Å². The number of hydrogen-bond donors (Lipinski definition) is 2. The fraction of sp³-hybridized carbons (Fsp3) is 0.321. The van der Waals surface area contributed by atoms with Gasteiger partial charge in [0.2, 0.25) is 17.5 Å². The van der Waals surface area contributed by atoms with Crippen LogP contribution in [0.4, 0.5) is 17.6 Å². The fourth-order valence-electron chi connectivity index (χ4n) is 4.06. The Kier molecular flexibility index (Phi) is 12.4. The lowest BCUT2D eigenvalue weighted by atomic mass is 10.1. The number of rotatable bonds is 10. The summed E-state index contributed by atoms with van der Waals surface area (Å²) in [7, 11) is 1.00. The van der Waals surface area contributed by atoms with Crippen LogP contribution >= 0.6 is 11.6 Å². The van der Waals surface area contributed by atoms with E-state index in [1.54, 1.807) is 24.3 Å². The lowest BCUT2D eigenvalue weighted by molar-refractivity contribution is -0.132. The summed E-state index contributed by atoms with van der Waals surface area (Å²) in [5.41, 5.74) is 0.468. The average molecular weight is 644 g/mol. The molecule has 2 heterocycles. The molecule has 3 aromatic rings. The van der Waals surface area contributed by atoms with Gasteiger partial charge in [-0.2, -0.15) is 8.78 Å². The highest BCUT2D eigenvalue weighted by atomic mass is 35.5. The molecule has 0 bridgehead atoms. The van der Waals surface area contributed by atoms with Crippen molar-refractivity contribution in [2.24, 2.45) is 5.92 Å². The number of nitrogens with zero attached hydrogens (tertiary/aromatic N) is 2. The highest BCUT2D eigenvalue weighted by molar-refractivity contribution is 6.33. The summed E-state index contributed by atoms with van der Waals surface area (Å²) < 4.78 is 69.9. The number of aromatic nitrogens is 1. The summed E-state index contributed by atoms with van der Waals surface area (Å²) in [6.07, 6.45) is -0.233. The molecule has 1 fully saturated rings. The number of nitrogens with one attached hydrogen (secondary N) is 1. The number of aliphatic hydroxyl groups is 1. The first-order chi connectivity index (χ1) is 21.1. The lowest BCUT2D eigenvalue weighted by Gasteiger charge is -2.24. The third-order valence-corrected chi connectivity index (χ3v) is 6.59. The zero-order valence-corrected chi connectivity index (χ0v) is 23.8. The van der Waals surface area contributed by atoms with Crippen molar-refractivity contribution in [3.8, 4) is 17.1 Å². The smallest absolute Gasteiger partial charge is 0.276 e. The van der Waals surface area contributed by atoms with Crippen LogP contribution in [0.15, 0.2) is 40.9 Å². The van der Waals surface area contributed by atoms with Crippen LogP contribution in [0.3, 0.4) is 0 Å². The second kappa shape index (κ2) is 15.9. The first-order valence-electron chi connectivity index (χ1n) is 12.9. The minimum absolute atomic E-state index is 0.0297. The van der Waals surface area contributed by atoms with Crippen LogP contribution in [0, 0.1) is 29.2 Å². The molecule has 11 nitrogen and oxygen atoms in total. The van der Waals surface area contributed by atoms with Crippen LogP contribution in [0.1, 0.15) is 16.9 Å². The minimum Gasteiger partial charge on any atom is -0.479 e. The third kappa shape index (κ3) is 8.18. The number of carbonyl (C=O) groups is 4. The van der Waals surface area contributed by atoms with Crippen LogP contribution in [0.25, 0.3) is 11.3 Å². The van der Waals surface area contributed by atoms with Gasteiger partial charge in [-0.25, -0.2) is 8.78 Å². The molecular formula is C28H26ClF4N3O8. The van der Waals surface area contributed by atoms with E-state index in [9.17, 15) is 36.7 Å². The van der Waals surface area contributed by atoms with E-state index in [0.717, 1.165) is 7.11 Å². The molecule has 2 atom stereocenters. The van der Waals surface area contributed by atoms with E-state index in [0.29, 0.717) is 16.9 Å². The topological polar surface area (TPSA) is 148 Å². The number of ether oxygens (including phenoxy) is 2. The average Bonchev–Trinajstić information content (AvgIpc) is 3.37. The molecule has 1 aliphatic rings. The standard InChI is InChI=1S/C27H22ClF4N3O7.CH4O/c28-16-4-2-1-3-15(16)22-10-20(34-42-22)27(39)35-6-8-40-12-14(11-35)26(38)33-19(5-7-36)21(37)13-41-25-23(31)17(29)9-18(30)24(25)32;1-2/h1-4,7,9-10,14,19H,5-6,8,11-13H2,(H,33,38);2H,1H3. The van der Waals surface area contributed by atoms with Gasteiger partial charge in [0, 0.05) is 44.3 Å². The Balaban J connectivity index is 0.00000259. The maximum Gasteiger partial charge on any atom is 0.276 e. The molecule has 2 unspecified atom stereocenters. The summed E-state index contributed by atoms with van der Waals surface area (Å²) in [5.74, 6) is -11.8. The van der Waals surface area contributed by atoms with Gasteiger partial charge >= 0.3 is 0 Å². The van der Waals surface area contributed by atoms with E-state index >= 15 is 0 Å². The normalized spacial score (nSPS) is 15.3. The zero-order chi connectivity index (χ0) is 32.4. The molecule has 236 valence electrons. The summed E-state index contributed by atoms with van der Waals surface area (Å²) in [4.78, 5) is 51.3. The molecule has 2 aromatic carbocycles. The van der Waals surface area contributed by atoms with Crippen molar-refractivity contribution in [1.29, 1.82) is 0 Å². The maximum absolute atomic E-state index is 13.9. The minimum atomic E-state index is -1.86. The number of Topliss-reactive ketones (excluding diaryl/α,β-unsaturated/α-hetero) is 1. The number of hydrogen-bond acceptors (Lipinski definition) is 9. The second-order valence-electron chi connectivity index (χ2n) is 9.10. The predicted octanol–water partition coefficient (Wildman–Crippen LogP) is 2.97. The van der Waals surface area contributed by atoms with Crippen molar-refractivity contribution in [2.45, 2.75) is 12.5 Å². The van der Waals surface area contributed by atoms with Gasteiger partial charge in [0.15, 0.2) is 34.6 Å². The Bertz CT molecular complexity index is 1480. The van der Waals surface area contributed by atoms with Gasteiger partial charge in [0.05, 0.1) is 30.2 Å². The summed E-state index contributed by atoms with van der Waals surface area (Å²) >= 11 is 6.17. The van der Waals surface area contributed by atoms with Crippen LogP contribution in [0.5, 0.6) is 5.75 Å². The van der Waals surface area contributed by atoms with Crippen LogP contribution < -0.4 is 10.1 Å². The largest absolute Gasteiger partial charge is 0.479 e. The monoisotopic (exact) mass is 643 g/mol. The highest BCUT2D eigenvalue weighted by Crippen LogP contribution is 2.29. The molecule has 0 saturated carbocycles. The number of carbonyl (C=O) groups excluding carboxylic acids is 4. The van der Waals surface area contributed by atoms with Crippen molar-refractivity contribution < 1.29 is 55.8 Å². The van der Waals surface area contributed by atoms with Gasteiger partial charge in [0.25, 0.3) is 5.91 Å². The lowest BCUT2D eigenvalue weighted by Crippen LogP contribution is -2.48. The molecule has 1 aromatic heterocycles. The van der Waals surface area contributed by atoms with Crippen LogP contribution in [0.2, 0.25) is 5.02 Å². The van der Waals surface area contributed by atoms with E-state index in [-0.39, 0.29) is 43.8 Å². The van der Waals surface area contributed by atoms with Crippen molar-refractivity contribution in [2.75, 3.05) is 40.0 Å². The zero-order valence-electron chi connectivity index (χ0n) is 23.0. The Labute approximate surface area is 252 Å². The maximum atomic E-state index is 13.9. The molecule has 1 saturated heterocycles. The Morgan fingerprint density at radius 2 is 1.84 bits per heavy atom. The van der Waals surface area contributed by atoms with E-state index in [2.05, 4.69) is 15.2 Å². The summed E-state index contributed by atoms with van der Waals surface area (Å²) in [6, 6.07) is 6.64.